The van der Waals surface area contributed by atoms with Crippen LogP contribution in [0.2, 0.25) is 0 Å². The molecule has 4 nitrogen and oxygen atoms in total. The van der Waals surface area contributed by atoms with Gasteiger partial charge in [-0.3, -0.25) is 0 Å². The van der Waals surface area contributed by atoms with Crippen LogP contribution in [-0.4, -0.2) is 20.5 Å². The fraction of sp³-hybridized carbons (Fsp3) is 0.714. The zero-order chi connectivity index (χ0) is 14.8. The third-order valence-corrected chi connectivity index (χ3v) is 6.33. The lowest BCUT2D eigenvalue weighted by Crippen LogP contribution is -2.33. The molecule has 1 saturated carbocycles. The first kappa shape index (κ1) is 15.9. The van der Waals surface area contributed by atoms with Gasteiger partial charge in [-0.05, 0) is 49.1 Å². The molecule has 20 heavy (non-hydrogen) atoms. The van der Waals surface area contributed by atoms with Gasteiger partial charge in [-0.1, -0.05) is 13.8 Å². The van der Waals surface area contributed by atoms with Gasteiger partial charge in [-0.2, -0.15) is 0 Å². The van der Waals surface area contributed by atoms with Crippen LogP contribution in [0.4, 0.5) is 0 Å². The minimum atomic E-state index is -3.37. The van der Waals surface area contributed by atoms with Crippen LogP contribution in [0, 0.1) is 5.92 Å². The summed E-state index contributed by atoms with van der Waals surface area (Å²) >= 11 is 1.30. The van der Waals surface area contributed by atoms with Crippen LogP contribution in [0.25, 0.3) is 0 Å². The molecule has 6 heteroatoms. The van der Waals surface area contributed by atoms with E-state index >= 15 is 0 Å². The van der Waals surface area contributed by atoms with Gasteiger partial charge in [0.25, 0.3) is 0 Å². The molecular formula is C14H24N2O2S2. The summed E-state index contributed by atoms with van der Waals surface area (Å²) in [6.45, 7) is 6.87. The summed E-state index contributed by atoms with van der Waals surface area (Å²) in [6.07, 6.45) is 3.33. The maximum atomic E-state index is 12.3. The van der Waals surface area contributed by atoms with Crippen molar-refractivity contribution in [3.63, 3.8) is 0 Å². The second-order valence-corrected chi connectivity index (χ2v) is 8.93. The predicted molar refractivity (Wildman–Crippen MR) is 83.4 cm³/mol. The first-order valence-electron chi connectivity index (χ1n) is 7.20. The largest absolute Gasteiger partial charge is 0.310 e. The highest BCUT2D eigenvalue weighted by molar-refractivity contribution is 7.91. The fourth-order valence-electron chi connectivity index (χ4n) is 2.21. The average Bonchev–Trinajstić information content (AvgIpc) is 3.01. The molecule has 1 aliphatic rings. The number of nitrogens with one attached hydrogen (secondary N) is 2. The molecule has 0 bridgehead atoms. The van der Waals surface area contributed by atoms with Crippen LogP contribution >= 0.6 is 11.3 Å². The van der Waals surface area contributed by atoms with Crippen molar-refractivity contribution in [1.82, 2.24) is 10.0 Å². The highest BCUT2D eigenvalue weighted by Gasteiger charge is 2.22. The van der Waals surface area contributed by atoms with Gasteiger partial charge in [-0.15, -0.1) is 11.3 Å². The lowest BCUT2D eigenvalue weighted by molar-refractivity contribution is 0.483. The molecule has 1 aliphatic carbocycles. The van der Waals surface area contributed by atoms with Gasteiger partial charge in [0, 0.05) is 18.6 Å². The summed E-state index contributed by atoms with van der Waals surface area (Å²) in [7, 11) is -3.37. The predicted octanol–water partition coefficient (Wildman–Crippen LogP) is 2.71. The second kappa shape index (κ2) is 6.56. The third-order valence-electron chi connectivity index (χ3n) is 3.25. The van der Waals surface area contributed by atoms with Crippen LogP contribution in [0.5, 0.6) is 0 Å². The Morgan fingerprint density at radius 1 is 1.35 bits per heavy atom. The van der Waals surface area contributed by atoms with Crippen molar-refractivity contribution >= 4 is 21.4 Å². The first-order chi connectivity index (χ1) is 9.37. The Balaban J connectivity index is 1.94. The van der Waals surface area contributed by atoms with E-state index in [9.17, 15) is 8.42 Å². The topological polar surface area (TPSA) is 58.2 Å². The van der Waals surface area contributed by atoms with Crippen LogP contribution in [0.15, 0.2) is 15.7 Å². The molecule has 0 saturated heterocycles. The maximum absolute atomic E-state index is 12.3. The van der Waals surface area contributed by atoms with Gasteiger partial charge in [0.15, 0.2) is 0 Å². The first-order valence-corrected chi connectivity index (χ1v) is 9.56. The number of hydrogen-bond acceptors (Lipinski definition) is 4. The van der Waals surface area contributed by atoms with Crippen molar-refractivity contribution in [2.24, 2.45) is 5.92 Å². The highest BCUT2D eigenvalue weighted by atomic mass is 32.2. The van der Waals surface area contributed by atoms with Crippen LogP contribution in [0.3, 0.4) is 0 Å². The molecule has 0 amide bonds. The highest BCUT2D eigenvalue weighted by Crippen LogP contribution is 2.23. The molecule has 1 heterocycles. The summed E-state index contributed by atoms with van der Waals surface area (Å²) in [5.74, 6) is 0.481. The monoisotopic (exact) mass is 316 g/mol. The molecule has 2 rings (SSSR count). The minimum Gasteiger partial charge on any atom is -0.310 e. The molecule has 0 aromatic carbocycles. The summed E-state index contributed by atoms with van der Waals surface area (Å²) in [5, 5.41) is 5.32. The normalized spacial score (nSPS) is 17.6. The van der Waals surface area contributed by atoms with Crippen molar-refractivity contribution in [1.29, 1.82) is 0 Å². The zero-order valence-corrected chi connectivity index (χ0v) is 14.0. The molecule has 0 radical (unpaired) electrons. The van der Waals surface area contributed by atoms with Gasteiger partial charge in [0.05, 0.1) is 0 Å². The summed E-state index contributed by atoms with van der Waals surface area (Å²) in [4.78, 5) is 0. The summed E-state index contributed by atoms with van der Waals surface area (Å²) < 4.78 is 27.7. The summed E-state index contributed by atoms with van der Waals surface area (Å²) in [6, 6.07) is 2.39. The molecule has 2 N–H and O–H groups in total. The molecule has 0 aliphatic heterocycles. The molecule has 1 aromatic heterocycles. The smallest absolute Gasteiger partial charge is 0.250 e. The minimum absolute atomic E-state index is 0.0323. The van der Waals surface area contributed by atoms with E-state index in [0.29, 0.717) is 16.2 Å². The fourth-order valence-corrected chi connectivity index (χ4v) is 4.70. The van der Waals surface area contributed by atoms with Crippen molar-refractivity contribution in [2.45, 2.75) is 62.9 Å². The van der Waals surface area contributed by atoms with E-state index in [2.05, 4.69) is 23.9 Å². The average molecular weight is 316 g/mol. The molecule has 1 aromatic rings. The quantitative estimate of drug-likeness (QED) is 0.775. The molecule has 1 unspecified atom stereocenters. The van der Waals surface area contributed by atoms with Gasteiger partial charge in [0.2, 0.25) is 10.0 Å². The van der Waals surface area contributed by atoms with Crippen LogP contribution < -0.4 is 10.0 Å². The third kappa shape index (κ3) is 4.84. The zero-order valence-electron chi connectivity index (χ0n) is 12.3. The SMILES string of the molecule is CC(C)CC(C)NS(=O)(=O)c1cc(CNC2CC2)cs1. The van der Waals surface area contributed by atoms with E-state index in [0.717, 1.165) is 18.5 Å². The Morgan fingerprint density at radius 3 is 2.65 bits per heavy atom. The Bertz CT molecular complexity index is 533. The lowest BCUT2D eigenvalue weighted by Gasteiger charge is -2.15. The number of sulfonamides is 1. The van der Waals surface area contributed by atoms with E-state index in [1.807, 2.05) is 12.3 Å². The standard InChI is InChI=1S/C14H24N2O2S2/c1-10(2)6-11(3)16-20(17,18)14-7-12(9-19-14)8-15-13-4-5-13/h7,9-11,13,15-16H,4-6,8H2,1-3H3. The van der Waals surface area contributed by atoms with Gasteiger partial charge in [0.1, 0.15) is 4.21 Å². The number of rotatable bonds is 8. The Morgan fingerprint density at radius 2 is 2.05 bits per heavy atom. The van der Waals surface area contributed by atoms with Gasteiger partial charge >= 0.3 is 0 Å². The molecule has 1 fully saturated rings. The second-order valence-electron chi connectivity index (χ2n) is 6.08. The summed E-state index contributed by atoms with van der Waals surface area (Å²) in [5.41, 5.74) is 1.05. The van der Waals surface area contributed by atoms with Crippen molar-refractivity contribution in [2.75, 3.05) is 0 Å². The molecule has 1 atom stereocenters. The van der Waals surface area contributed by atoms with Crippen molar-refractivity contribution in [3.05, 3.63) is 17.0 Å². The Hall–Kier alpha value is -0.430. The van der Waals surface area contributed by atoms with Crippen molar-refractivity contribution < 1.29 is 8.42 Å². The van der Waals surface area contributed by atoms with E-state index in [4.69, 9.17) is 0 Å². The Labute approximate surface area is 126 Å². The van der Waals surface area contributed by atoms with E-state index in [1.54, 1.807) is 6.07 Å². The van der Waals surface area contributed by atoms with E-state index in [1.165, 1.54) is 24.2 Å². The Kier molecular flexibility index (Phi) is 5.23. The van der Waals surface area contributed by atoms with Gasteiger partial charge < -0.3 is 5.32 Å². The van der Waals surface area contributed by atoms with Gasteiger partial charge in [-0.25, -0.2) is 13.1 Å². The van der Waals surface area contributed by atoms with E-state index < -0.39 is 10.0 Å². The maximum Gasteiger partial charge on any atom is 0.250 e. The molecule has 114 valence electrons. The van der Waals surface area contributed by atoms with E-state index in [-0.39, 0.29) is 6.04 Å². The molecular weight excluding hydrogens is 292 g/mol. The number of thiophene rings is 1. The van der Waals surface area contributed by atoms with Crippen molar-refractivity contribution in [3.8, 4) is 0 Å². The lowest BCUT2D eigenvalue weighted by atomic mass is 10.1. The molecule has 0 spiro atoms. The van der Waals surface area contributed by atoms with Crippen LogP contribution in [0.1, 0.15) is 45.6 Å². The number of hydrogen-bond donors (Lipinski definition) is 2. The van der Waals surface area contributed by atoms with Crippen LogP contribution in [-0.2, 0) is 16.6 Å².